The molecule has 0 bridgehead atoms. The van der Waals surface area contributed by atoms with Gasteiger partial charge in [0.15, 0.2) is 0 Å². The number of aromatic nitrogens is 2. The standard InChI is InChI=1S/C16H20N2O4/c1-10(14(19)21-5)12-9-18(15(20)22-16(2,3)4)13-11(12)7-6-8-17-13/h6-10H,1-5H3. The summed E-state index contributed by atoms with van der Waals surface area (Å²) in [5, 5.41) is 0.728. The minimum Gasteiger partial charge on any atom is -0.469 e. The lowest BCUT2D eigenvalue weighted by Crippen LogP contribution is -2.27. The summed E-state index contributed by atoms with van der Waals surface area (Å²) in [7, 11) is 1.34. The Balaban J connectivity index is 2.53. The first kappa shape index (κ1) is 16.0. The highest BCUT2D eigenvalue weighted by atomic mass is 16.6. The minimum atomic E-state index is -0.614. The highest BCUT2D eigenvalue weighted by Gasteiger charge is 2.25. The fraction of sp³-hybridized carbons (Fsp3) is 0.438. The van der Waals surface area contributed by atoms with Crippen LogP contribution < -0.4 is 0 Å². The van der Waals surface area contributed by atoms with Crippen LogP contribution in [0.3, 0.4) is 0 Å². The van der Waals surface area contributed by atoms with E-state index in [0.29, 0.717) is 11.2 Å². The van der Waals surface area contributed by atoms with Crippen molar-refractivity contribution in [3.05, 3.63) is 30.1 Å². The molecule has 2 aromatic rings. The number of ether oxygens (including phenoxy) is 2. The summed E-state index contributed by atoms with van der Waals surface area (Å²) in [5.41, 5.74) is 0.527. The van der Waals surface area contributed by atoms with Crippen LogP contribution in [-0.4, -0.2) is 34.3 Å². The van der Waals surface area contributed by atoms with E-state index in [-0.39, 0.29) is 5.97 Å². The van der Waals surface area contributed by atoms with Crippen molar-refractivity contribution in [3.8, 4) is 0 Å². The summed E-state index contributed by atoms with van der Waals surface area (Å²) >= 11 is 0. The molecule has 2 rings (SSSR count). The van der Waals surface area contributed by atoms with E-state index in [1.165, 1.54) is 11.7 Å². The molecule has 118 valence electrons. The van der Waals surface area contributed by atoms with Crippen LogP contribution in [0.15, 0.2) is 24.5 Å². The number of fused-ring (bicyclic) bond motifs is 1. The molecule has 0 amide bonds. The third kappa shape index (κ3) is 3.10. The van der Waals surface area contributed by atoms with Gasteiger partial charge in [-0.05, 0) is 45.4 Å². The van der Waals surface area contributed by atoms with Crippen molar-refractivity contribution < 1.29 is 19.1 Å². The molecule has 6 heteroatoms. The molecule has 0 spiro atoms. The second-order valence-electron chi connectivity index (χ2n) is 6.05. The Morgan fingerprint density at radius 3 is 2.59 bits per heavy atom. The number of hydrogen-bond acceptors (Lipinski definition) is 5. The molecule has 0 aromatic carbocycles. The van der Waals surface area contributed by atoms with Crippen LogP contribution in [0.2, 0.25) is 0 Å². The molecule has 1 unspecified atom stereocenters. The van der Waals surface area contributed by atoms with Crippen molar-refractivity contribution in [1.29, 1.82) is 0 Å². The van der Waals surface area contributed by atoms with Crippen LogP contribution in [-0.2, 0) is 14.3 Å². The molecule has 0 aliphatic heterocycles. The third-order valence-electron chi connectivity index (χ3n) is 3.21. The first-order valence-electron chi connectivity index (χ1n) is 7.01. The van der Waals surface area contributed by atoms with Crippen LogP contribution >= 0.6 is 0 Å². The second-order valence-corrected chi connectivity index (χ2v) is 6.05. The third-order valence-corrected chi connectivity index (χ3v) is 3.21. The van der Waals surface area contributed by atoms with Crippen molar-refractivity contribution in [2.45, 2.75) is 39.2 Å². The zero-order chi connectivity index (χ0) is 16.5. The SMILES string of the molecule is COC(=O)C(C)c1cn(C(=O)OC(C)(C)C)c2ncccc12. The first-order chi connectivity index (χ1) is 10.2. The Labute approximate surface area is 129 Å². The minimum absolute atomic E-state index is 0.368. The summed E-state index contributed by atoms with van der Waals surface area (Å²) in [6, 6.07) is 3.58. The Morgan fingerprint density at radius 2 is 2.00 bits per heavy atom. The van der Waals surface area contributed by atoms with Crippen LogP contribution in [0.1, 0.15) is 39.2 Å². The molecule has 0 N–H and O–H groups in total. The molecule has 0 saturated carbocycles. The molecular formula is C16H20N2O4. The zero-order valence-corrected chi connectivity index (χ0v) is 13.4. The van der Waals surface area contributed by atoms with E-state index >= 15 is 0 Å². The van der Waals surface area contributed by atoms with Gasteiger partial charge in [0.05, 0.1) is 13.0 Å². The molecule has 2 heterocycles. The van der Waals surface area contributed by atoms with Gasteiger partial charge in [-0.15, -0.1) is 0 Å². The van der Waals surface area contributed by atoms with Gasteiger partial charge < -0.3 is 9.47 Å². The molecule has 0 saturated heterocycles. The maximum Gasteiger partial charge on any atom is 0.420 e. The predicted molar refractivity (Wildman–Crippen MR) is 81.8 cm³/mol. The number of pyridine rings is 1. The summed E-state index contributed by atoms with van der Waals surface area (Å²) in [6.45, 7) is 7.11. The van der Waals surface area contributed by atoms with E-state index in [0.717, 1.165) is 5.39 Å². The zero-order valence-electron chi connectivity index (χ0n) is 13.4. The topological polar surface area (TPSA) is 70.4 Å². The highest BCUT2D eigenvalue weighted by molar-refractivity contribution is 5.93. The number of hydrogen-bond donors (Lipinski definition) is 0. The molecular weight excluding hydrogens is 284 g/mol. The Morgan fingerprint density at radius 1 is 1.32 bits per heavy atom. The van der Waals surface area contributed by atoms with Crippen LogP contribution in [0, 0.1) is 0 Å². The first-order valence-corrected chi connectivity index (χ1v) is 7.01. The average molecular weight is 304 g/mol. The van der Waals surface area contributed by atoms with Crippen LogP contribution in [0.25, 0.3) is 11.0 Å². The van der Waals surface area contributed by atoms with Gasteiger partial charge in [0.1, 0.15) is 11.2 Å². The summed E-state index contributed by atoms with van der Waals surface area (Å²) in [4.78, 5) is 28.4. The van der Waals surface area contributed by atoms with Crippen LogP contribution in [0.4, 0.5) is 4.79 Å². The smallest absolute Gasteiger partial charge is 0.420 e. The quantitative estimate of drug-likeness (QED) is 0.797. The maximum atomic E-state index is 12.3. The van der Waals surface area contributed by atoms with E-state index < -0.39 is 17.6 Å². The Kier molecular flexibility index (Phi) is 4.21. The molecule has 0 aliphatic carbocycles. The van der Waals surface area contributed by atoms with E-state index in [1.54, 1.807) is 46.2 Å². The summed E-state index contributed by atoms with van der Waals surface area (Å²) in [5.74, 6) is -0.868. The maximum absolute atomic E-state index is 12.3. The number of nitrogens with zero attached hydrogens (tertiary/aromatic N) is 2. The van der Waals surface area contributed by atoms with Crippen molar-refractivity contribution in [2.24, 2.45) is 0 Å². The van der Waals surface area contributed by atoms with Gasteiger partial charge in [0.2, 0.25) is 0 Å². The van der Waals surface area contributed by atoms with E-state index in [4.69, 9.17) is 9.47 Å². The molecule has 2 aromatic heterocycles. The lowest BCUT2D eigenvalue weighted by Gasteiger charge is -2.19. The monoisotopic (exact) mass is 304 g/mol. The lowest BCUT2D eigenvalue weighted by molar-refractivity contribution is -0.141. The van der Waals surface area contributed by atoms with Gasteiger partial charge in [0, 0.05) is 17.8 Å². The van der Waals surface area contributed by atoms with Crippen LogP contribution in [0.5, 0.6) is 0 Å². The molecule has 0 radical (unpaired) electrons. The number of esters is 1. The van der Waals surface area contributed by atoms with Gasteiger partial charge in [-0.2, -0.15) is 0 Å². The van der Waals surface area contributed by atoms with E-state index in [9.17, 15) is 9.59 Å². The Hall–Kier alpha value is -2.37. The second kappa shape index (κ2) is 5.79. The van der Waals surface area contributed by atoms with E-state index in [1.807, 2.05) is 6.07 Å². The normalized spacial score (nSPS) is 13.0. The summed E-state index contributed by atoms with van der Waals surface area (Å²) in [6.07, 6.45) is 2.66. The number of rotatable bonds is 2. The lowest BCUT2D eigenvalue weighted by atomic mass is 10.0. The van der Waals surface area contributed by atoms with Crippen molar-refractivity contribution in [3.63, 3.8) is 0 Å². The van der Waals surface area contributed by atoms with Crippen molar-refractivity contribution in [2.75, 3.05) is 7.11 Å². The Bertz CT molecular complexity index is 712. The summed E-state index contributed by atoms with van der Waals surface area (Å²) < 4.78 is 11.5. The van der Waals surface area contributed by atoms with Gasteiger partial charge in [0.25, 0.3) is 0 Å². The highest BCUT2D eigenvalue weighted by Crippen LogP contribution is 2.28. The number of carbonyl (C=O) groups excluding carboxylic acids is 2. The van der Waals surface area contributed by atoms with Crippen molar-refractivity contribution >= 4 is 23.1 Å². The fourth-order valence-electron chi connectivity index (χ4n) is 2.18. The van der Waals surface area contributed by atoms with Crippen molar-refractivity contribution in [1.82, 2.24) is 9.55 Å². The van der Waals surface area contributed by atoms with E-state index in [2.05, 4.69) is 4.98 Å². The average Bonchev–Trinajstić information content (AvgIpc) is 2.83. The predicted octanol–water partition coefficient (Wildman–Crippen LogP) is 3.10. The molecule has 0 fully saturated rings. The van der Waals surface area contributed by atoms with Gasteiger partial charge in [-0.25, -0.2) is 14.3 Å². The number of carbonyl (C=O) groups is 2. The fourth-order valence-corrected chi connectivity index (χ4v) is 2.18. The van der Waals surface area contributed by atoms with Gasteiger partial charge >= 0.3 is 12.1 Å². The molecule has 0 aliphatic rings. The van der Waals surface area contributed by atoms with Gasteiger partial charge in [-0.1, -0.05) is 0 Å². The molecule has 22 heavy (non-hydrogen) atoms. The molecule has 1 atom stereocenters. The largest absolute Gasteiger partial charge is 0.469 e. The molecule has 6 nitrogen and oxygen atoms in total. The van der Waals surface area contributed by atoms with Gasteiger partial charge in [-0.3, -0.25) is 4.79 Å². The number of methoxy groups -OCH3 is 1.